The smallest absolute Gasteiger partial charge is 0.160 e. The maximum absolute atomic E-state index is 11.2. The zero-order chi connectivity index (χ0) is 25.0. The Morgan fingerprint density at radius 2 is 1.58 bits per heavy atom. The quantitative estimate of drug-likeness (QED) is 0.254. The Hall–Kier alpha value is -4.58. The molecule has 1 heterocycles. The number of hydrogen-bond acceptors (Lipinski definition) is 5. The molecule has 1 aliphatic rings. The van der Waals surface area contributed by atoms with Crippen LogP contribution in [0.15, 0.2) is 91.0 Å². The van der Waals surface area contributed by atoms with E-state index in [1.807, 2.05) is 54.6 Å². The summed E-state index contributed by atoms with van der Waals surface area (Å²) < 4.78 is 12.9. The third-order valence-corrected chi connectivity index (χ3v) is 6.54. The van der Waals surface area contributed by atoms with E-state index in [0.29, 0.717) is 6.42 Å². The van der Waals surface area contributed by atoms with E-state index in [4.69, 9.17) is 14.6 Å². The second-order valence-electron chi connectivity index (χ2n) is 8.57. The normalized spacial score (nSPS) is 13.8. The number of anilines is 2. The molecule has 6 nitrogen and oxygen atoms in total. The van der Waals surface area contributed by atoms with Gasteiger partial charge in [-0.3, -0.25) is 4.79 Å². The van der Waals surface area contributed by atoms with Crippen LogP contribution >= 0.6 is 0 Å². The van der Waals surface area contributed by atoms with E-state index < -0.39 is 5.41 Å². The molecular weight excluding hydrogens is 450 g/mol. The zero-order valence-electron chi connectivity index (χ0n) is 20.2. The van der Waals surface area contributed by atoms with Crippen molar-refractivity contribution >= 4 is 30.1 Å². The lowest BCUT2D eigenvalue weighted by atomic mass is 9.68. The van der Waals surface area contributed by atoms with Crippen LogP contribution < -0.4 is 14.8 Å². The number of allylic oxidation sites excluding steroid dienone is 2. The molecule has 6 heteroatoms. The van der Waals surface area contributed by atoms with E-state index in [1.54, 1.807) is 25.1 Å². The molecule has 0 saturated carbocycles. The topological polar surface area (TPSA) is 65.4 Å². The van der Waals surface area contributed by atoms with Crippen molar-refractivity contribution in [2.24, 2.45) is 0 Å². The van der Waals surface area contributed by atoms with Gasteiger partial charge in [-0.25, -0.2) is 4.68 Å². The molecular formula is C30H27N3O3. The number of aromatic nitrogens is 2. The summed E-state index contributed by atoms with van der Waals surface area (Å²) in [5.41, 5.74) is 4.57. The number of nitrogens with one attached hydrogen (secondary N) is 1. The van der Waals surface area contributed by atoms with Gasteiger partial charge in [-0.05, 0) is 53.6 Å². The summed E-state index contributed by atoms with van der Waals surface area (Å²) in [5.74, 6) is 2.30. The Balaban J connectivity index is 1.69. The number of aldehydes is 1. The van der Waals surface area contributed by atoms with Gasteiger partial charge in [0.05, 0.1) is 19.9 Å². The Morgan fingerprint density at radius 3 is 2.19 bits per heavy atom. The third-order valence-electron chi connectivity index (χ3n) is 6.54. The van der Waals surface area contributed by atoms with Crippen LogP contribution in [0.4, 0.5) is 11.5 Å². The number of rotatable bonds is 8. The Morgan fingerprint density at radius 1 is 0.917 bits per heavy atom. The zero-order valence-corrected chi connectivity index (χ0v) is 20.2. The maximum Gasteiger partial charge on any atom is 0.160 e. The maximum atomic E-state index is 11.2. The minimum Gasteiger partial charge on any atom is -0.497 e. The average Bonchev–Trinajstić information content (AvgIpc) is 3.28. The number of methoxy groups -OCH3 is 2. The van der Waals surface area contributed by atoms with Gasteiger partial charge in [0.15, 0.2) is 5.82 Å². The lowest BCUT2D eigenvalue weighted by Gasteiger charge is -2.35. The van der Waals surface area contributed by atoms with E-state index in [2.05, 4.69) is 41.7 Å². The first-order valence-electron chi connectivity index (χ1n) is 11.7. The fourth-order valence-electron chi connectivity index (χ4n) is 4.74. The first-order valence-corrected chi connectivity index (χ1v) is 11.7. The van der Waals surface area contributed by atoms with Gasteiger partial charge in [0.1, 0.15) is 17.8 Å². The summed E-state index contributed by atoms with van der Waals surface area (Å²) in [6.45, 7) is 0. The second kappa shape index (κ2) is 9.96. The SMILES string of the molecule is COc1cccc(C2(c3cccc(OC)c3)C=Cc3c(Nc4ccccc4)nn(C=CC=O)c3C2)c1. The molecule has 4 aromatic rings. The molecule has 0 unspecified atom stereocenters. The van der Waals surface area contributed by atoms with Crippen LogP contribution in [-0.2, 0) is 16.6 Å². The highest BCUT2D eigenvalue weighted by atomic mass is 16.5. The first kappa shape index (κ1) is 23.2. The number of hydrogen-bond donors (Lipinski definition) is 1. The van der Waals surface area contributed by atoms with Crippen LogP contribution in [0.1, 0.15) is 22.4 Å². The fraction of sp³-hybridized carbons (Fsp3) is 0.133. The van der Waals surface area contributed by atoms with Gasteiger partial charge in [-0.15, -0.1) is 5.10 Å². The molecule has 1 aliphatic carbocycles. The van der Waals surface area contributed by atoms with Crippen molar-refractivity contribution in [3.05, 3.63) is 113 Å². The van der Waals surface area contributed by atoms with Gasteiger partial charge in [-0.1, -0.05) is 54.6 Å². The summed E-state index contributed by atoms with van der Waals surface area (Å²) in [6, 6.07) is 26.2. The van der Waals surface area contributed by atoms with Crippen molar-refractivity contribution in [2.45, 2.75) is 11.8 Å². The van der Waals surface area contributed by atoms with Crippen molar-refractivity contribution in [2.75, 3.05) is 19.5 Å². The number of para-hydroxylation sites is 1. The lowest BCUT2D eigenvalue weighted by molar-refractivity contribution is -0.104. The Kier molecular flexibility index (Phi) is 6.41. The summed E-state index contributed by atoms with van der Waals surface area (Å²) in [6.07, 6.45) is 8.87. The van der Waals surface area contributed by atoms with Crippen LogP contribution in [0.25, 0.3) is 12.3 Å². The van der Waals surface area contributed by atoms with Crippen molar-refractivity contribution in [1.29, 1.82) is 0 Å². The molecule has 0 aliphatic heterocycles. The molecule has 0 radical (unpaired) electrons. The van der Waals surface area contributed by atoms with Crippen molar-refractivity contribution in [1.82, 2.24) is 9.78 Å². The molecule has 0 spiro atoms. The van der Waals surface area contributed by atoms with Crippen LogP contribution in [0.5, 0.6) is 11.5 Å². The molecule has 0 atom stereocenters. The molecule has 1 N–H and O–H groups in total. The van der Waals surface area contributed by atoms with Crippen LogP contribution in [-0.4, -0.2) is 30.3 Å². The Labute approximate surface area is 210 Å². The van der Waals surface area contributed by atoms with Crippen LogP contribution in [0.2, 0.25) is 0 Å². The van der Waals surface area contributed by atoms with Gasteiger partial charge in [-0.2, -0.15) is 0 Å². The van der Waals surface area contributed by atoms with E-state index in [1.165, 1.54) is 6.08 Å². The van der Waals surface area contributed by atoms with Crippen molar-refractivity contribution < 1.29 is 14.3 Å². The number of ether oxygens (including phenoxy) is 2. The van der Waals surface area contributed by atoms with E-state index in [0.717, 1.165) is 51.7 Å². The van der Waals surface area contributed by atoms with E-state index in [-0.39, 0.29) is 0 Å². The summed E-state index contributed by atoms with van der Waals surface area (Å²) in [5, 5.41) is 8.23. The molecule has 3 aromatic carbocycles. The standard InChI is InChI=1S/C30H27N3O3/c1-35-25-13-6-9-22(19-25)30(23-10-7-14-26(20-23)36-2)16-15-27-28(21-30)33(17-8-18-34)32-29(27)31-24-11-4-3-5-12-24/h3-20H,21H2,1-2H3,(H,31,32). The average molecular weight is 478 g/mol. The molecule has 36 heavy (non-hydrogen) atoms. The van der Waals surface area contributed by atoms with Gasteiger partial charge >= 0.3 is 0 Å². The largest absolute Gasteiger partial charge is 0.497 e. The van der Waals surface area contributed by atoms with E-state index >= 15 is 0 Å². The van der Waals surface area contributed by atoms with Crippen LogP contribution in [0, 0.1) is 0 Å². The predicted molar refractivity (Wildman–Crippen MR) is 143 cm³/mol. The highest BCUT2D eigenvalue weighted by Gasteiger charge is 2.38. The van der Waals surface area contributed by atoms with Gasteiger partial charge in [0.25, 0.3) is 0 Å². The number of nitrogens with zero attached hydrogens (tertiary/aromatic N) is 2. The summed E-state index contributed by atoms with van der Waals surface area (Å²) >= 11 is 0. The van der Waals surface area contributed by atoms with Gasteiger partial charge in [0.2, 0.25) is 0 Å². The number of carbonyl (C=O) groups excluding carboxylic acids is 1. The minimum atomic E-state index is -0.507. The lowest BCUT2D eigenvalue weighted by Crippen LogP contribution is -2.31. The number of fused-ring (bicyclic) bond motifs is 1. The first-order chi connectivity index (χ1) is 17.7. The monoisotopic (exact) mass is 477 g/mol. The summed E-state index contributed by atoms with van der Waals surface area (Å²) in [4.78, 5) is 11.2. The highest BCUT2D eigenvalue weighted by molar-refractivity contribution is 5.76. The number of carbonyl (C=O) groups is 1. The molecule has 0 saturated heterocycles. The fourth-order valence-corrected chi connectivity index (χ4v) is 4.74. The Bertz CT molecular complexity index is 1390. The molecule has 0 bridgehead atoms. The van der Waals surface area contributed by atoms with Gasteiger partial charge in [0, 0.05) is 29.3 Å². The van der Waals surface area contributed by atoms with Crippen molar-refractivity contribution in [3.63, 3.8) is 0 Å². The molecule has 5 rings (SSSR count). The summed E-state index contributed by atoms with van der Waals surface area (Å²) in [7, 11) is 3.35. The second-order valence-corrected chi connectivity index (χ2v) is 8.57. The minimum absolute atomic E-state index is 0.507. The van der Waals surface area contributed by atoms with Gasteiger partial charge < -0.3 is 14.8 Å². The highest BCUT2D eigenvalue weighted by Crippen LogP contribution is 2.45. The number of benzene rings is 3. The molecule has 0 fully saturated rings. The van der Waals surface area contributed by atoms with Crippen LogP contribution in [0.3, 0.4) is 0 Å². The predicted octanol–water partition coefficient (Wildman–Crippen LogP) is 5.87. The molecule has 0 amide bonds. The third kappa shape index (κ3) is 4.29. The van der Waals surface area contributed by atoms with E-state index in [9.17, 15) is 4.79 Å². The van der Waals surface area contributed by atoms with Crippen molar-refractivity contribution in [3.8, 4) is 11.5 Å². The molecule has 1 aromatic heterocycles. The molecule has 180 valence electrons.